The van der Waals surface area contributed by atoms with Gasteiger partial charge < -0.3 is 10.5 Å². The first-order chi connectivity index (χ1) is 8.17. The molecule has 0 aliphatic heterocycles. The normalized spacial score (nSPS) is 13.5. The van der Waals surface area contributed by atoms with E-state index in [4.69, 9.17) is 10.5 Å². The Bertz CT molecular complexity index is 236. The van der Waals surface area contributed by atoms with Gasteiger partial charge in [-0.15, -0.1) is 0 Å². The van der Waals surface area contributed by atoms with Crippen molar-refractivity contribution in [3.05, 3.63) is 11.6 Å². The van der Waals surface area contributed by atoms with Gasteiger partial charge in [0.15, 0.2) is 0 Å². The Kier molecular flexibility index (Phi) is 9.83. The van der Waals surface area contributed by atoms with E-state index in [0.717, 1.165) is 38.5 Å². The molecule has 0 rings (SSSR count). The molecule has 0 heterocycles. The van der Waals surface area contributed by atoms with E-state index < -0.39 is 0 Å². The molecule has 0 saturated heterocycles. The van der Waals surface area contributed by atoms with Crippen LogP contribution in [0.3, 0.4) is 0 Å². The Balaban J connectivity index is 4.34. The average molecular weight is 241 g/mol. The molecule has 0 aromatic rings. The predicted octanol–water partition coefficient (Wildman–Crippen LogP) is 3.18. The van der Waals surface area contributed by atoms with E-state index in [1.807, 2.05) is 13.0 Å². The summed E-state index contributed by atoms with van der Waals surface area (Å²) in [6, 6.07) is -0.194. The molecule has 0 amide bonds. The molecule has 0 saturated carbocycles. The lowest BCUT2D eigenvalue weighted by Crippen LogP contribution is -2.28. The zero-order valence-corrected chi connectivity index (χ0v) is 11.5. The second-order valence-electron chi connectivity index (χ2n) is 4.31. The number of rotatable bonds is 9. The van der Waals surface area contributed by atoms with Gasteiger partial charge in [0.2, 0.25) is 0 Å². The second-order valence-corrected chi connectivity index (χ2v) is 4.31. The molecule has 0 bridgehead atoms. The number of nitrogens with two attached hydrogens (primary N) is 1. The second kappa shape index (κ2) is 10.3. The summed E-state index contributed by atoms with van der Waals surface area (Å²) in [5.41, 5.74) is 6.59. The number of allylic oxidation sites excluding steroid dienone is 1. The van der Waals surface area contributed by atoms with E-state index >= 15 is 0 Å². The Morgan fingerprint density at radius 3 is 2.41 bits per heavy atom. The molecule has 0 aliphatic carbocycles. The standard InChI is InChI=1S/C14H27NO2/c1-4-7-9-10-12(13(15)6-3)14(16)17-11-8-5-2/h10,13H,4-9,11,15H2,1-3H3. The summed E-state index contributed by atoms with van der Waals surface area (Å²) in [6.07, 6.45) is 7.77. The predicted molar refractivity (Wildman–Crippen MR) is 71.7 cm³/mol. The number of carbonyl (C=O) groups is 1. The van der Waals surface area contributed by atoms with Crippen molar-refractivity contribution in [3.8, 4) is 0 Å². The van der Waals surface area contributed by atoms with E-state index in [2.05, 4.69) is 13.8 Å². The van der Waals surface area contributed by atoms with Gasteiger partial charge >= 0.3 is 5.97 Å². The fourth-order valence-corrected chi connectivity index (χ4v) is 1.46. The minimum absolute atomic E-state index is 0.194. The molecule has 17 heavy (non-hydrogen) atoms. The summed E-state index contributed by atoms with van der Waals surface area (Å²) < 4.78 is 5.21. The molecule has 0 radical (unpaired) electrons. The van der Waals surface area contributed by atoms with Gasteiger partial charge in [0.05, 0.1) is 6.61 Å². The first-order valence-corrected chi connectivity index (χ1v) is 6.80. The summed E-state index contributed by atoms with van der Waals surface area (Å²) in [4.78, 5) is 11.8. The Labute approximate surface area is 105 Å². The van der Waals surface area contributed by atoms with Crippen LogP contribution in [0.2, 0.25) is 0 Å². The summed E-state index contributed by atoms with van der Waals surface area (Å²) in [6.45, 7) is 6.69. The summed E-state index contributed by atoms with van der Waals surface area (Å²) in [5.74, 6) is -0.232. The Hall–Kier alpha value is -0.830. The van der Waals surface area contributed by atoms with Crippen LogP contribution < -0.4 is 5.73 Å². The molecular weight excluding hydrogens is 214 g/mol. The van der Waals surface area contributed by atoms with Gasteiger partial charge in [0.25, 0.3) is 0 Å². The number of esters is 1. The molecule has 0 fully saturated rings. The molecule has 1 atom stereocenters. The summed E-state index contributed by atoms with van der Waals surface area (Å²) in [7, 11) is 0. The molecule has 3 heteroatoms. The third kappa shape index (κ3) is 7.16. The van der Waals surface area contributed by atoms with Crippen molar-refractivity contribution in [1.82, 2.24) is 0 Å². The Morgan fingerprint density at radius 1 is 1.24 bits per heavy atom. The highest BCUT2D eigenvalue weighted by molar-refractivity contribution is 5.89. The van der Waals surface area contributed by atoms with Gasteiger partial charge in [-0.1, -0.05) is 46.1 Å². The minimum atomic E-state index is -0.232. The van der Waals surface area contributed by atoms with Crippen LogP contribution in [0.4, 0.5) is 0 Å². The van der Waals surface area contributed by atoms with E-state index in [1.54, 1.807) is 0 Å². The minimum Gasteiger partial charge on any atom is -0.462 e. The average Bonchev–Trinajstić information content (AvgIpc) is 2.34. The van der Waals surface area contributed by atoms with Crippen LogP contribution in [0.15, 0.2) is 11.6 Å². The van der Waals surface area contributed by atoms with Crippen LogP contribution in [0, 0.1) is 0 Å². The van der Waals surface area contributed by atoms with Crippen molar-refractivity contribution in [2.75, 3.05) is 6.61 Å². The van der Waals surface area contributed by atoms with Crippen LogP contribution in [0.25, 0.3) is 0 Å². The van der Waals surface area contributed by atoms with E-state index in [0.29, 0.717) is 12.2 Å². The maximum atomic E-state index is 11.8. The van der Waals surface area contributed by atoms with Gasteiger partial charge in [0.1, 0.15) is 0 Å². The Morgan fingerprint density at radius 2 is 1.88 bits per heavy atom. The highest BCUT2D eigenvalue weighted by atomic mass is 16.5. The zero-order valence-electron chi connectivity index (χ0n) is 11.5. The van der Waals surface area contributed by atoms with Crippen LogP contribution in [-0.4, -0.2) is 18.6 Å². The fraction of sp³-hybridized carbons (Fsp3) is 0.786. The van der Waals surface area contributed by atoms with Crippen molar-refractivity contribution < 1.29 is 9.53 Å². The van der Waals surface area contributed by atoms with Crippen molar-refractivity contribution in [2.45, 2.75) is 65.3 Å². The highest BCUT2D eigenvalue weighted by Crippen LogP contribution is 2.10. The van der Waals surface area contributed by atoms with Crippen LogP contribution in [0.1, 0.15) is 59.3 Å². The van der Waals surface area contributed by atoms with Crippen molar-refractivity contribution in [3.63, 3.8) is 0 Å². The maximum Gasteiger partial charge on any atom is 0.335 e. The third-order valence-electron chi connectivity index (χ3n) is 2.73. The SMILES string of the molecule is CCCCC=C(C(=O)OCCCC)C(N)CC. The van der Waals surface area contributed by atoms with E-state index in [-0.39, 0.29) is 12.0 Å². The summed E-state index contributed by atoms with van der Waals surface area (Å²) >= 11 is 0. The fourth-order valence-electron chi connectivity index (χ4n) is 1.46. The molecule has 2 N–H and O–H groups in total. The quantitative estimate of drug-likeness (QED) is 0.383. The lowest BCUT2D eigenvalue weighted by Gasteiger charge is -2.13. The largest absolute Gasteiger partial charge is 0.462 e. The van der Waals surface area contributed by atoms with Gasteiger partial charge in [-0.2, -0.15) is 0 Å². The first-order valence-electron chi connectivity index (χ1n) is 6.80. The number of hydrogen-bond acceptors (Lipinski definition) is 3. The molecule has 100 valence electrons. The number of ether oxygens (including phenoxy) is 1. The lowest BCUT2D eigenvalue weighted by atomic mass is 10.0. The van der Waals surface area contributed by atoms with Crippen molar-refractivity contribution in [1.29, 1.82) is 0 Å². The monoisotopic (exact) mass is 241 g/mol. The highest BCUT2D eigenvalue weighted by Gasteiger charge is 2.16. The molecule has 0 aromatic carbocycles. The van der Waals surface area contributed by atoms with Crippen LogP contribution >= 0.6 is 0 Å². The smallest absolute Gasteiger partial charge is 0.335 e. The topological polar surface area (TPSA) is 52.3 Å². The van der Waals surface area contributed by atoms with Gasteiger partial charge in [0, 0.05) is 11.6 Å². The van der Waals surface area contributed by atoms with E-state index in [1.165, 1.54) is 0 Å². The molecule has 0 aromatic heterocycles. The van der Waals surface area contributed by atoms with Gasteiger partial charge in [-0.25, -0.2) is 4.79 Å². The lowest BCUT2D eigenvalue weighted by molar-refractivity contribution is -0.139. The molecular formula is C14H27NO2. The zero-order chi connectivity index (χ0) is 13.1. The maximum absolute atomic E-state index is 11.8. The van der Waals surface area contributed by atoms with Crippen molar-refractivity contribution >= 4 is 5.97 Å². The van der Waals surface area contributed by atoms with E-state index in [9.17, 15) is 4.79 Å². The van der Waals surface area contributed by atoms with Crippen molar-refractivity contribution in [2.24, 2.45) is 5.73 Å². The third-order valence-corrected chi connectivity index (χ3v) is 2.73. The molecule has 3 nitrogen and oxygen atoms in total. The first kappa shape index (κ1) is 16.2. The van der Waals surface area contributed by atoms with Gasteiger partial charge in [-0.05, 0) is 19.3 Å². The van der Waals surface area contributed by atoms with Crippen LogP contribution in [0.5, 0.6) is 0 Å². The number of unbranched alkanes of at least 4 members (excludes halogenated alkanes) is 3. The summed E-state index contributed by atoms with van der Waals surface area (Å²) in [5, 5.41) is 0. The van der Waals surface area contributed by atoms with Gasteiger partial charge in [-0.3, -0.25) is 0 Å². The number of hydrogen-bond donors (Lipinski definition) is 1. The molecule has 0 aliphatic rings. The van der Waals surface area contributed by atoms with Crippen LogP contribution in [-0.2, 0) is 9.53 Å². The molecule has 1 unspecified atom stereocenters. The number of carbonyl (C=O) groups excluding carboxylic acids is 1. The molecule has 0 spiro atoms.